The van der Waals surface area contributed by atoms with E-state index in [0.29, 0.717) is 0 Å². The Morgan fingerprint density at radius 1 is 0.667 bits per heavy atom. The molecule has 1 heteroatoms. The second-order valence-corrected chi connectivity index (χ2v) is 7.37. The Kier molecular flexibility index (Phi) is 14.4. The van der Waals surface area contributed by atoms with E-state index in [-0.39, 0.29) is 0 Å². The van der Waals surface area contributed by atoms with Crippen LogP contribution < -0.4 is 0 Å². The van der Waals surface area contributed by atoms with E-state index < -0.39 is 0 Å². The molecule has 0 amide bonds. The van der Waals surface area contributed by atoms with Crippen molar-refractivity contribution in [2.45, 2.75) is 90.4 Å². The number of unbranched alkanes of at least 4 members (excludes halogenated alkanes) is 12. The van der Waals surface area contributed by atoms with Gasteiger partial charge in [-0.2, -0.15) is 0 Å². The summed E-state index contributed by atoms with van der Waals surface area (Å²) in [5.41, 5.74) is 0. The molecule has 0 aliphatic rings. The third-order valence-corrected chi connectivity index (χ3v) is 4.49. The first-order chi connectivity index (χ1) is 10.1. The van der Waals surface area contributed by atoms with Crippen LogP contribution in [0.25, 0.3) is 0 Å². The van der Waals surface area contributed by atoms with Gasteiger partial charge in [-0.3, -0.25) is 0 Å². The van der Waals surface area contributed by atoms with E-state index in [9.17, 15) is 0 Å². The Hall–Kier alpha value is -0.300. The Bertz CT molecular complexity index is 220. The zero-order valence-electron chi connectivity index (χ0n) is 15.3. The molecule has 0 bridgehead atoms. The van der Waals surface area contributed by atoms with Crippen molar-refractivity contribution in [1.29, 1.82) is 0 Å². The van der Waals surface area contributed by atoms with Crippen LogP contribution in [-0.2, 0) is 0 Å². The van der Waals surface area contributed by atoms with Gasteiger partial charge >= 0.3 is 0 Å². The summed E-state index contributed by atoms with van der Waals surface area (Å²) in [5.74, 6) is 0. The summed E-state index contributed by atoms with van der Waals surface area (Å²) < 4.78 is 1.10. The summed E-state index contributed by atoms with van der Waals surface area (Å²) in [7, 11) is 4.62. The Labute approximate surface area is 135 Å². The predicted molar refractivity (Wildman–Crippen MR) is 97.7 cm³/mol. The molecule has 0 radical (unpaired) electrons. The largest absolute Gasteiger partial charge is 0.325 e. The van der Waals surface area contributed by atoms with Crippen molar-refractivity contribution in [2.24, 2.45) is 0 Å². The van der Waals surface area contributed by atoms with Crippen molar-refractivity contribution >= 4 is 0 Å². The van der Waals surface area contributed by atoms with E-state index in [4.69, 9.17) is 0 Å². The molecule has 0 rings (SSSR count). The van der Waals surface area contributed by atoms with Crippen molar-refractivity contribution in [3.8, 4) is 0 Å². The van der Waals surface area contributed by atoms with Gasteiger partial charge in [0.2, 0.25) is 0 Å². The smallest absolute Gasteiger partial charge is 0.0966 e. The predicted octanol–water partition coefficient (Wildman–Crippen LogP) is 6.34. The van der Waals surface area contributed by atoms with Gasteiger partial charge in [-0.25, -0.2) is 0 Å². The molecule has 0 aliphatic heterocycles. The number of hydrogen-bond acceptors (Lipinski definition) is 0. The Morgan fingerprint density at radius 3 is 1.43 bits per heavy atom. The lowest BCUT2D eigenvalue weighted by molar-refractivity contribution is -0.884. The maximum atomic E-state index is 3.84. The minimum absolute atomic E-state index is 1.10. The van der Waals surface area contributed by atoms with Crippen LogP contribution in [0.3, 0.4) is 0 Å². The molecule has 0 aromatic rings. The average Bonchev–Trinajstić information content (AvgIpc) is 2.44. The first kappa shape index (κ1) is 20.7. The molecule has 0 spiro atoms. The summed E-state index contributed by atoms with van der Waals surface area (Å²) >= 11 is 0. The lowest BCUT2D eigenvalue weighted by atomic mass is 10.0. The average molecular weight is 297 g/mol. The molecule has 0 heterocycles. The Balaban J connectivity index is 3.14. The molecule has 0 fully saturated rings. The SMILES string of the molecule is C=CC[N+](C)(C)CCCCCCCCCCCCCCC. The fourth-order valence-corrected chi connectivity index (χ4v) is 3.00. The number of hydrogen-bond donors (Lipinski definition) is 0. The quantitative estimate of drug-likeness (QED) is 0.177. The first-order valence-electron chi connectivity index (χ1n) is 9.55. The second-order valence-electron chi connectivity index (χ2n) is 7.37. The molecule has 0 aliphatic carbocycles. The lowest BCUT2D eigenvalue weighted by Gasteiger charge is -2.28. The second kappa shape index (κ2) is 14.6. The highest BCUT2D eigenvalue weighted by Gasteiger charge is 2.10. The van der Waals surface area contributed by atoms with Crippen LogP contribution in [0.2, 0.25) is 0 Å². The molecule has 0 saturated carbocycles. The minimum Gasteiger partial charge on any atom is -0.325 e. The lowest BCUT2D eigenvalue weighted by Crippen LogP contribution is -2.40. The molecule has 0 unspecified atom stereocenters. The number of rotatable bonds is 16. The van der Waals surface area contributed by atoms with Crippen LogP contribution in [0.1, 0.15) is 90.4 Å². The van der Waals surface area contributed by atoms with Gasteiger partial charge in [-0.15, -0.1) is 0 Å². The molecular weight excluding hydrogens is 254 g/mol. The summed E-state index contributed by atoms with van der Waals surface area (Å²) in [4.78, 5) is 0. The zero-order valence-corrected chi connectivity index (χ0v) is 15.3. The van der Waals surface area contributed by atoms with Gasteiger partial charge < -0.3 is 4.48 Å². The number of quaternary nitrogens is 1. The number of nitrogens with zero attached hydrogens (tertiary/aromatic N) is 1. The van der Waals surface area contributed by atoms with Crippen LogP contribution in [-0.4, -0.2) is 31.7 Å². The van der Waals surface area contributed by atoms with Gasteiger partial charge in [0.25, 0.3) is 0 Å². The number of likely N-dealkylation sites (N-methyl/N-ethyl adjacent to an activating group) is 1. The van der Waals surface area contributed by atoms with E-state index in [1.807, 2.05) is 6.08 Å². The third kappa shape index (κ3) is 15.9. The summed E-state index contributed by atoms with van der Waals surface area (Å²) in [6.45, 7) is 8.53. The van der Waals surface area contributed by atoms with Gasteiger partial charge in [0.05, 0.1) is 27.2 Å². The normalized spacial score (nSPS) is 11.8. The molecule has 126 valence electrons. The van der Waals surface area contributed by atoms with Crippen molar-refractivity contribution in [3.05, 3.63) is 12.7 Å². The van der Waals surface area contributed by atoms with E-state index in [1.165, 1.54) is 90.0 Å². The maximum absolute atomic E-state index is 3.84. The van der Waals surface area contributed by atoms with Crippen LogP contribution in [0.5, 0.6) is 0 Å². The fraction of sp³-hybridized carbons (Fsp3) is 0.900. The fourth-order valence-electron chi connectivity index (χ4n) is 3.00. The molecular formula is C20H42N+. The molecule has 21 heavy (non-hydrogen) atoms. The third-order valence-electron chi connectivity index (χ3n) is 4.49. The topological polar surface area (TPSA) is 0 Å². The van der Waals surface area contributed by atoms with Crippen LogP contribution in [0.15, 0.2) is 12.7 Å². The highest BCUT2D eigenvalue weighted by atomic mass is 15.3. The first-order valence-corrected chi connectivity index (χ1v) is 9.55. The minimum atomic E-state index is 1.10. The van der Waals surface area contributed by atoms with Gasteiger partial charge in [-0.1, -0.05) is 84.1 Å². The summed E-state index contributed by atoms with van der Waals surface area (Å²) in [6.07, 6.45) is 20.8. The van der Waals surface area contributed by atoms with E-state index in [0.717, 1.165) is 11.0 Å². The zero-order chi connectivity index (χ0) is 15.8. The van der Waals surface area contributed by atoms with Crippen LogP contribution in [0, 0.1) is 0 Å². The van der Waals surface area contributed by atoms with E-state index in [2.05, 4.69) is 27.6 Å². The standard InChI is InChI=1S/C20H42N/c1-5-7-8-9-10-11-12-13-14-15-16-17-18-20-21(3,4)19-6-2/h6H,2,5,7-20H2,1,3-4H3/q+1. The van der Waals surface area contributed by atoms with E-state index in [1.54, 1.807) is 0 Å². The molecule has 0 aromatic carbocycles. The van der Waals surface area contributed by atoms with Crippen LogP contribution in [0.4, 0.5) is 0 Å². The highest BCUT2D eigenvalue weighted by molar-refractivity contribution is 4.64. The van der Waals surface area contributed by atoms with Gasteiger partial charge in [-0.05, 0) is 18.9 Å². The molecule has 0 aromatic heterocycles. The van der Waals surface area contributed by atoms with Gasteiger partial charge in [0.1, 0.15) is 0 Å². The summed E-state index contributed by atoms with van der Waals surface area (Å²) in [6, 6.07) is 0. The molecule has 0 saturated heterocycles. The van der Waals surface area contributed by atoms with Crippen molar-refractivity contribution in [1.82, 2.24) is 0 Å². The monoisotopic (exact) mass is 296 g/mol. The van der Waals surface area contributed by atoms with Gasteiger partial charge in [0.15, 0.2) is 0 Å². The van der Waals surface area contributed by atoms with Gasteiger partial charge in [0, 0.05) is 0 Å². The molecule has 0 N–H and O–H groups in total. The highest BCUT2D eigenvalue weighted by Crippen LogP contribution is 2.13. The summed E-state index contributed by atoms with van der Waals surface area (Å²) in [5, 5.41) is 0. The van der Waals surface area contributed by atoms with Crippen molar-refractivity contribution < 1.29 is 4.48 Å². The van der Waals surface area contributed by atoms with Crippen molar-refractivity contribution in [2.75, 3.05) is 27.2 Å². The van der Waals surface area contributed by atoms with Crippen LogP contribution >= 0.6 is 0 Å². The van der Waals surface area contributed by atoms with E-state index >= 15 is 0 Å². The molecule has 0 atom stereocenters. The van der Waals surface area contributed by atoms with Crippen molar-refractivity contribution in [3.63, 3.8) is 0 Å². The molecule has 1 nitrogen and oxygen atoms in total. The maximum Gasteiger partial charge on any atom is 0.0966 e. The Morgan fingerprint density at radius 2 is 1.05 bits per heavy atom.